The van der Waals surface area contributed by atoms with Crippen LogP contribution in [0.3, 0.4) is 0 Å². The van der Waals surface area contributed by atoms with E-state index in [-0.39, 0.29) is 18.4 Å². The summed E-state index contributed by atoms with van der Waals surface area (Å²) in [6.07, 6.45) is 1.30. The van der Waals surface area contributed by atoms with Gasteiger partial charge in [-0.1, -0.05) is 13.0 Å². The number of anilines is 2. The van der Waals surface area contributed by atoms with Crippen molar-refractivity contribution in [2.75, 3.05) is 44.6 Å². The molecule has 0 aliphatic rings. The highest BCUT2D eigenvalue weighted by atomic mass is 32.1. The van der Waals surface area contributed by atoms with Gasteiger partial charge >= 0.3 is 0 Å². The fourth-order valence-corrected chi connectivity index (χ4v) is 3.69. The number of benzene rings is 1. The molecule has 0 bridgehead atoms. The SMILES string of the molecule is CCCN(Cc1cc(NC(=O)COC)ccc1N(C)C)C(=O)Cc1cccs1. The van der Waals surface area contributed by atoms with Gasteiger partial charge in [-0.25, -0.2) is 0 Å². The van der Waals surface area contributed by atoms with Gasteiger partial charge in [-0.05, 0) is 41.6 Å². The second-order valence-corrected chi connectivity index (χ2v) is 7.82. The summed E-state index contributed by atoms with van der Waals surface area (Å²) >= 11 is 1.60. The molecule has 2 rings (SSSR count). The van der Waals surface area contributed by atoms with E-state index in [0.29, 0.717) is 25.2 Å². The molecule has 0 fully saturated rings. The second-order valence-electron chi connectivity index (χ2n) is 6.79. The number of ether oxygens (including phenoxy) is 1. The predicted octanol–water partition coefficient (Wildman–Crippen LogP) is 3.38. The average Bonchev–Trinajstić information content (AvgIpc) is 3.14. The molecule has 0 atom stereocenters. The summed E-state index contributed by atoms with van der Waals surface area (Å²) in [7, 11) is 5.43. The van der Waals surface area contributed by atoms with E-state index < -0.39 is 0 Å². The molecule has 0 saturated carbocycles. The van der Waals surface area contributed by atoms with E-state index in [1.165, 1.54) is 7.11 Å². The van der Waals surface area contributed by atoms with Crippen molar-refractivity contribution < 1.29 is 14.3 Å². The van der Waals surface area contributed by atoms with Crippen molar-refractivity contribution in [2.45, 2.75) is 26.3 Å². The molecule has 6 nitrogen and oxygen atoms in total. The largest absolute Gasteiger partial charge is 0.377 e. The Labute approximate surface area is 171 Å². The van der Waals surface area contributed by atoms with E-state index >= 15 is 0 Å². The fraction of sp³-hybridized carbons (Fsp3) is 0.429. The molecule has 2 aromatic rings. The molecule has 0 aliphatic carbocycles. The number of amides is 2. The molecule has 0 spiro atoms. The zero-order valence-electron chi connectivity index (χ0n) is 17.0. The Hall–Kier alpha value is -2.38. The van der Waals surface area contributed by atoms with Crippen LogP contribution in [-0.2, 0) is 27.3 Å². The van der Waals surface area contributed by atoms with Gasteiger partial charge in [0.1, 0.15) is 6.61 Å². The number of carbonyl (C=O) groups excluding carboxylic acids is 2. The Bertz CT molecular complexity index is 775. The number of nitrogens with one attached hydrogen (secondary N) is 1. The average molecular weight is 404 g/mol. The zero-order chi connectivity index (χ0) is 20.5. The van der Waals surface area contributed by atoms with Gasteiger partial charge in [0.15, 0.2) is 0 Å². The predicted molar refractivity (Wildman–Crippen MR) is 115 cm³/mol. The molecule has 0 saturated heterocycles. The minimum atomic E-state index is -0.203. The van der Waals surface area contributed by atoms with Crippen LogP contribution in [0.25, 0.3) is 0 Å². The first-order valence-corrected chi connectivity index (χ1v) is 10.2. The van der Waals surface area contributed by atoms with Crippen molar-refractivity contribution in [1.82, 2.24) is 4.90 Å². The second kappa shape index (κ2) is 10.8. The zero-order valence-corrected chi connectivity index (χ0v) is 17.8. The summed E-state index contributed by atoms with van der Waals surface area (Å²) in [5.41, 5.74) is 2.72. The van der Waals surface area contributed by atoms with Crippen LogP contribution in [-0.4, -0.2) is 51.1 Å². The topological polar surface area (TPSA) is 61.9 Å². The fourth-order valence-electron chi connectivity index (χ4n) is 3.00. The van der Waals surface area contributed by atoms with E-state index in [9.17, 15) is 9.59 Å². The van der Waals surface area contributed by atoms with E-state index in [1.807, 2.05) is 59.6 Å². The number of thiophene rings is 1. The minimum Gasteiger partial charge on any atom is -0.377 e. The lowest BCUT2D eigenvalue weighted by atomic mass is 10.1. The van der Waals surface area contributed by atoms with Gasteiger partial charge in [0.05, 0.1) is 6.42 Å². The van der Waals surface area contributed by atoms with E-state index in [4.69, 9.17) is 4.74 Å². The smallest absolute Gasteiger partial charge is 0.250 e. The molecule has 152 valence electrons. The molecule has 28 heavy (non-hydrogen) atoms. The molecule has 0 unspecified atom stereocenters. The molecule has 0 radical (unpaired) electrons. The van der Waals surface area contributed by atoms with Crippen LogP contribution in [0, 0.1) is 0 Å². The number of hydrogen-bond donors (Lipinski definition) is 1. The maximum atomic E-state index is 12.9. The van der Waals surface area contributed by atoms with Gasteiger partial charge < -0.3 is 19.9 Å². The van der Waals surface area contributed by atoms with Gasteiger partial charge in [-0.3, -0.25) is 9.59 Å². The number of nitrogens with zero attached hydrogens (tertiary/aromatic N) is 2. The number of hydrogen-bond acceptors (Lipinski definition) is 5. The van der Waals surface area contributed by atoms with Crippen LogP contribution in [0.2, 0.25) is 0 Å². The summed E-state index contributed by atoms with van der Waals surface area (Å²) in [5, 5.41) is 4.83. The van der Waals surface area contributed by atoms with E-state index in [0.717, 1.165) is 22.5 Å². The normalized spacial score (nSPS) is 10.6. The number of rotatable bonds is 10. The number of methoxy groups -OCH3 is 1. The molecule has 7 heteroatoms. The van der Waals surface area contributed by atoms with Crippen LogP contribution < -0.4 is 10.2 Å². The Morgan fingerprint density at radius 2 is 2.00 bits per heavy atom. The molecule has 1 aromatic carbocycles. The third-order valence-electron chi connectivity index (χ3n) is 4.23. The highest BCUT2D eigenvalue weighted by Crippen LogP contribution is 2.25. The molecule has 1 heterocycles. The third kappa shape index (κ3) is 6.35. The van der Waals surface area contributed by atoms with Crippen LogP contribution >= 0.6 is 11.3 Å². The maximum Gasteiger partial charge on any atom is 0.250 e. The molecular formula is C21H29N3O3S. The molecule has 1 N–H and O–H groups in total. The molecular weight excluding hydrogens is 374 g/mol. The first-order chi connectivity index (χ1) is 13.4. The molecule has 0 aliphatic heterocycles. The molecule has 2 amide bonds. The van der Waals surface area contributed by atoms with Gasteiger partial charge in [-0.2, -0.15) is 0 Å². The van der Waals surface area contributed by atoms with E-state index in [2.05, 4.69) is 12.2 Å². The van der Waals surface area contributed by atoms with Gasteiger partial charge in [-0.15, -0.1) is 11.3 Å². The highest BCUT2D eigenvalue weighted by Gasteiger charge is 2.17. The van der Waals surface area contributed by atoms with Crippen LogP contribution in [0.1, 0.15) is 23.8 Å². The summed E-state index contributed by atoms with van der Waals surface area (Å²) in [4.78, 5) is 29.7. The third-order valence-corrected chi connectivity index (χ3v) is 5.11. The maximum absolute atomic E-state index is 12.9. The lowest BCUT2D eigenvalue weighted by molar-refractivity contribution is -0.131. The summed E-state index contributed by atoms with van der Waals surface area (Å²) in [5.74, 6) is -0.0898. The lowest BCUT2D eigenvalue weighted by Crippen LogP contribution is -2.33. The Balaban J connectivity index is 2.22. The van der Waals surface area contributed by atoms with Gasteiger partial charge in [0.25, 0.3) is 0 Å². The Morgan fingerprint density at radius 1 is 1.21 bits per heavy atom. The summed E-state index contributed by atoms with van der Waals surface area (Å²) in [6, 6.07) is 9.72. The first-order valence-electron chi connectivity index (χ1n) is 9.33. The highest BCUT2D eigenvalue weighted by molar-refractivity contribution is 7.10. The van der Waals surface area contributed by atoms with Crippen molar-refractivity contribution in [3.63, 3.8) is 0 Å². The quantitative estimate of drug-likeness (QED) is 0.661. The van der Waals surface area contributed by atoms with Crippen LogP contribution in [0.5, 0.6) is 0 Å². The monoisotopic (exact) mass is 403 g/mol. The standard InChI is InChI=1S/C21H29N3O3S/c1-5-10-24(21(26)13-18-7-6-11-28-18)14-16-12-17(22-20(25)15-27-4)8-9-19(16)23(2)3/h6-9,11-12H,5,10,13-15H2,1-4H3,(H,22,25). The van der Waals surface area contributed by atoms with Crippen LogP contribution in [0.15, 0.2) is 35.7 Å². The minimum absolute atomic E-state index is 0.00598. The summed E-state index contributed by atoms with van der Waals surface area (Å²) < 4.78 is 4.87. The van der Waals surface area contributed by atoms with Crippen molar-refractivity contribution in [1.29, 1.82) is 0 Å². The van der Waals surface area contributed by atoms with Crippen molar-refractivity contribution >= 4 is 34.5 Å². The van der Waals surface area contributed by atoms with E-state index in [1.54, 1.807) is 11.3 Å². The molecule has 1 aromatic heterocycles. The van der Waals surface area contributed by atoms with Crippen molar-refractivity contribution in [3.8, 4) is 0 Å². The van der Waals surface area contributed by atoms with Gasteiger partial charge in [0.2, 0.25) is 11.8 Å². The summed E-state index contributed by atoms with van der Waals surface area (Å²) in [6.45, 7) is 3.27. The van der Waals surface area contributed by atoms with Crippen LogP contribution in [0.4, 0.5) is 11.4 Å². The van der Waals surface area contributed by atoms with Crippen molar-refractivity contribution in [2.24, 2.45) is 0 Å². The van der Waals surface area contributed by atoms with Gasteiger partial charge in [0, 0.05) is 50.5 Å². The Kier molecular flexibility index (Phi) is 8.47. The number of carbonyl (C=O) groups is 2. The lowest BCUT2D eigenvalue weighted by Gasteiger charge is -2.26. The Morgan fingerprint density at radius 3 is 2.61 bits per heavy atom. The van der Waals surface area contributed by atoms with Crippen molar-refractivity contribution in [3.05, 3.63) is 46.2 Å². The first kappa shape index (κ1) is 21.9.